The first kappa shape index (κ1) is 23.5. The summed E-state index contributed by atoms with van der Waals surface area (Å²) in [7, 11) is 0. The smallest absolute Gasteiger partial charge is 0.326 e. The van der Waals surface area contributed by atoms with E-state index < -0.39 is 29.1 Å². The number of hydrogen-bond donors (Lipinski definition) is 2. The standard InChI is InChI=1S/C23H18Cl2F2N2O3/c1-11-7-15(8-12(2)13(11)3)32-21-16(24)9-14(10-17(21)25)28-23(31)29-22(30)20-18(26)5-4-6-19(20)27/h4-10H,1-3H3,(H2,28,29,30,31). The Morgan fingerprint density at radius 3 is 1.97 bits per heavy atom. The summed E-state index contributed by atoms with van der Waals surface area (Å²) < 4.78 is 33.2. The van der Waals surface area contributed by atoms with Gasteiger partial charge in [0, 0.05) is 5.69 Å². The molecule has 0 heterocycles. The third-order valence-corrected chi connectivity index (χ3v) is 5.35. The predicted molar refractivity (Wildman–Crippen MR) is 120 cm³/mol. The third kappa shape index (κ3) is 5.18. The molecule has 0 unspecified atom stereocenters. The number of urea groups is 1. The molecule has 3 aromatic rings. The maximum absolute atomic E-state index is 13.7. The predicted octanol–water partition coefficient (Wildman–Crippen LogP) is 6.95. The lowest BCUT2D eigenvalue weighted by molar-refractivity contribution is 0.0959. The number of rotatable bonds is 4. The highest BCUT2D eigenvalue weighted by molar-refractivity contribution is 6.37. The summed E-state index contributed by atoms with van der Waals surface area (Å²) in [5, 5.41) is 4.40. The summed E-state index contributed by atoms with van der Waals surface area (Å²) in [6.45, 7) is 5.92. The van der Waals surface area contributed by atoms with Crippen LogP contribution in [0.3, 0.4) is 0 Å². The number of imide groups is 1. The van der Waals surface area contributed by atoms with Gasteiger partial charge in [0.2, 0.25) is 0 Å². The monoisotopic (exact) mass is 478 g/mol. The molecule has 0 saturated heterocycles. The first-order valence-corrected chi connectivity index (χ1v) is 10.1. The molecule has 0 fully saturated rings. The number of carbonyl (C=O) groups is 2. The maximum atomic E-state index is 13.7. The minimum atomic E-state index is -1.24. The summed E-state index contributed by atoms with van der Waals surface area (Å²) in [5.74, 6) is -2.69. The van der Waals surface area contributed by atoms with Crippen LogP contribution in [0.1, 0.15) is 27.0 Å². The molecule has 0 aliphatic heterocycles. The lowest BCUT2D eigenvalue weighted by atomic mass is 10.0. The van der Waals surface area contributed by atoms with Gasteiger partial charge in [-0.3, -0.25) is 10.1 Å². The van der Waals surface area contributed by atoms with Crippen LogP contribution in [-0.2, 0) is 0 Å². The van der Waals surface area contributed by atoms with Gasteiger partial charge in [0.25, 0.3) is 5.91 Å². The number of halogens is 4. The van der Waals surface area contributed by atoms with Gasteiger partial charge < -0.3 is 10.1 Å². The normalized spacial score (nSPS) is 10.6. The van der Waals surface area contributed by atoms with E-state index in [1.165, 1.54) is 12.1 Å². The molecule has 0 aliphatic rings. The molecule has 0 atom stereocenters. The molecule has 2 N–H and O–H groups in total. The van der Waals surface area contributed by atoms with Crippen molar-refractivity contribution in [2.45, 2.75) is 20.8 Å². The second kappa shape index (κ2) is 9.54. The molecule has 3 rings (SSSR count). The Bertz CT molecular complexity index is 1170. The third-order valence-electron chi connectivity index (χ3n) is 4.79. The fraction of sp³-hybridized carbons (Fsp3) is 0.130. The summed E-state index contributed by atoms with van der Waals surface area (Å²) in [5.41, 5.74) is 2.50. The molecule has 0 aliphatic carbocycles. The van der Waals surface area contributed by atoms with Crippen LogP contribution in [0.5, 0.6) is 11.5 Å². The molecule has 32 heavy (non-hydrogen) atoms. The highest BCUT2D eigenvalue weighted by Gasteiger charge is 2.20. The van der Waals surface area contributed by atoms with Gasteiger partial charge in [-0.25, -0.2) is 13.6 Å². The van der Waals surface area contributed by atoms with Crippen LogP contribution >= 0.6 is 23.2 Å². The molecule has 3 amide bonds. The quantitative estimate of drug-likeness (QED) is 0.426. The van der Waals surface area contributed by atoms with Crippen molar-refractivity contribution in [3.05, 3.63) is 86.4 Å². The van der Waals surface area contributed by atoms with Crippen molar-refractivity contribution in [2.24, 2.45) is 0 Å². The van der Waals surface area contributed by atoms with Gasteiger partial charge in [-0.05, 0) is 73.9 Å². The van der Waals surface area contributed by atoms with Crippen molar-refractivity contribution in [1.29, 1.82) is 0 Å². The number of aryl methyl sites for hydroxylation is 2. The number of anilines is 1. The number of ether oxygens (including phenoxy) is 1. The zero-order valence-electron chi connectivity index (χ0n) is 17.3. The Kier molecular flexibility index (Phi) is 7.01. The lowest BCUT2D eigenvalue weighted by Gasteiger charge is -2.14. The van der Waals surface area contributed by atoms with Crippen molar-refractivity contribution in [3.8, 4) is 11.5 Å². The van der Waals surface area contributed by atoms with Crippen LogP contribution in [-0.4, -0.2) is 11.9 Å². The largest absolute Gasteiger partial charge is 0.454 e. The van der Waals surface area contributed by atoms with Gasteiger partial charge >= 0.3 is 6.03 Å². The summed E-state index contributed by atoms with van der Waals surface area (Å²) in [6, 6.07) is 8.33. The summed E-state index contributed by atoms with van der Waals surface area (Å²) in [6.07, 6.45) is 0. The van der Waals surface area contributed by atoms with E-state index in [0.29, 0.717) is 5.75 Å². The minimum absolute atomic E-state index is 0.107. The number of amides is 3. The zero-order valence-corrected chi connectivity index (χ0v) is 18.8. The zero-order chi connectivity index (χ0) is 23.6. The molecule has 166 valence electrons. The van der Waals surface area contributed by atoms with Crippen LogP contribution < -0.4 is 15.4 Å². The van der Waals surface area contributed by atoms with Crippen molar-refractivity contribution >= 4 is 40.8 Å². The van der Waals surface area contributed by atoms with Crippen molar-refractivity contribution in [2.75, 3.05) is 5.32 Å². The molecule has 0 aromatic heterocycles. The van der Waals surface area contributed by atoms with Gasteiger partial charge in [-0.2, -0.15) is 0 Å². The van der Waals surface area contributed by atoms with Gasteiger partial charge in [-0.15, -0.1) is 0 Å². The SMILES string of the molecule is Cc1cc(Oc2c(Cl)cc(NC(=O)NC(=O)c3c(F)cccc3F)cc2Cl)cc(C)c1C. The van der Waals surface area contributed by atoms with E-state index in [-0.39, 0.29) is 21.5 Å². The van der Waals surface area contributed by atoms with E-state index in [2.05, 4.69) is 5.32 Å². The second-order valence-electron chi connectivity index (χ2n) is 7.06. The van der Waals surface area contributed by atoms with Crippen molar-refractivity contribution in [3.63, 3.8) is 0 Å². The van der Waals surface area contributed by atoms with Gasteiger partial charge in [0.15, 0.2) is 5.75 Å². The number of benzene rings is 3. The molecule has 5 nitrogen and oxygen atoms in total. The number of carbonyl (C=O) groups excluding carboxylic acids is 2. The highest BCUT2D eigenvalue weighted by atomic mass is 35.5. The second-order valence-corrected chi connectivity index (χ2v) is 7.87. The Morgan fingerprint density at radius 1 is 0.906 bits per heavy atom. The summed E-state index contributed by atoms with van der Waals surface area (Å²) in [4.78, 5) is 24.2. The van der Waals surface area contributed by atoms with Crippen LogP contribution in [0.15, 0.2) is 42.5 Å². The molecule has 9 heteroatoms. The van der Waals surface area contributed by atoms with Crippen LogP contribution in [0.2, 0.25) is 10.0 Å². The van der Waals surface area contributed by atoms with Crippen LogP contribution in [0.4, 0.5) is 19.3 Å². The molecule has 3 aromatic carbocycles. The fourth-order valence-electron chi connectivity index (χ4n) is 2.94. The molecular weight excluding hydrogens is 461 g/mol. The Labute approximate surface area is 193 Å². The Morgan fingerprint density at radius 2 is 1.44 bits per heavy atom. The van der Waals surface area contributed by atoms with E-state index in [1.807, 2.05) is 38.2 Å². The van der Waals surface area contributed by atoms with Crippen LogP contribution in [0.25, 0.3) is 0 Å². The van der Waals surface area contributed by atoms with E-state index >= 15 is 0 Å². The van der Waals surface area contributed by atoms with Gasteiger partial charge in [0.1, 0.15) is 22.9 Å². The van der Waals surface area contributed by atoms with Crippen molar-refractivity contribution in [1.82, 2.24) is 5.32 Å². The number of hydrogen-bond acceptors (Lipinski definition) is 3. The molecule has 0 bridgehead atoms. The highest BCUT2D eigenvalue weighted by Crippen LogP contribution is 2.39. The average Bonchev–Trinajstić information content (AvgIpc) is 2.68. The molecule has 0 saturated carbocycles. The molecular formula is C23H18Cl2F2N2O3. The summed E-state index contributed by atoms with van der Waals surface area (Å²) >= 11 is 12.5. The maximum Gasteiger partial charge on any atom is 0.326 e. The fourth-order valence-corrected chi connectivity index (χ4v) is 3.51. The van der Waals surface area contributed by atoms with Gasteiger partial charge in [0.05, 0.1) is 10.0 Å². The van der Waals surface area contributed by atoms with Crippen LogP contribution in [0, 0.1) is 32.4 Å². The van der Waals surface area contributed by atoms with Crippen molar-refractivity contribution < 1.29 is 23.1 Å². The minimum Gasteiger partial charge on any atom is -0.454 e. The average molecular weight is 479 g/mol. The number of nitrogens with one attached hydrogen (secondary N) is 2. The lowest BCUT2D eigenvalue weighted by Crippen LogP contribution is -2.35. The van der Waals surface area contributed by atoms with Gasteiger partial charge in [-0.1, -0.05) is 29.3 Å². The molecule has 0 spiro atoms. The van der Waals surface area contributed by atoms with E-state index in [4.69, 9.17) is 27.9 Å². The van der Waals surface area contributed by atoms with E-state index in [1.54, 1.807) is 0 Å². The molecule has 0 radical (unpaired) electrons. The van der Waals surface area contributed by atoms with E-state index in [0.717, 1.165) is 34.9 Å². The Hall–Kier alpha value is -3.16. The van der Waals surface area contributed by atoms with E-state index in [9.17, 15) is 18.4 Å². The first-order valence-electron chi connectivity index (χ1n) is 9.38. The topological polar surface area (TPSA) is 67.4 Å². The Balaban J connectivity index is 1.75. The first-order chi connectivity index (χ1) is 15.1.